The summed E-state index contributed by atoms with van der Waals surface area (Å²) in [4.78, 5) is 19.5. The number of benzene rings is 1. The molecule has 2 heterocycles. The van der Waals surface area contributed by atoms with Gasteiger partial charge in [-0.25, -0.2) is 9.79 Å². The van der Waals surface area contributed by atoms with Crippen LogP contribution in [0.1, 0.15) is 56.3 Å². The Kier molecular flexibility index (Phi) is 5.65. The summed E-state index contributed by atoms with van der Waals surface area (Å²) in [6.07, 6.45) is 1.98. The molecule has 6 heteroatoms. The van der Waals surface area contributed by atoms with Gasteiger partial charge in [-0.3, -0.25) is 0 Å². The highest BCUT2D eigenvalue weighted by Crippen LogP contribution is 2.43. The van der Waals surface area contributed by atoms with E-state index in [1.807, 2.05) is 25.5 Å². The predicted octanol–water partition coefficient (Wildman–Crippen LogP) is 4.89. The van der Waals surface area contributed by atoms with E-state index < -0.39 is 0 Å². The van der Waals surface area contributed by atoms with Gasteiger partial charge in [-0.15, -0.1) is 0 Å². The van der Waals surface area contributed by atoms with Crippen molar-refractivity contribution in [3.8, 4) is 5.75 Å². The lowest BCUT2D eigenvalue weighted by Crippen LogP contribution is -2.34. The van der Waals surface area contributed by atoms with E-state index in [2.05, 4.69) is 42.8 Å². The molecule has 0 saturated carbocycles. The van der Waals surface area contributed by atoms with Crippen molar-refractivity contribution >= 4 is 22.9 Å². The first-order valence-corrected chi connectivity index (χ1v) is 10.0. The van der Waals surface area contributed by atoms with Gasteiger partial charge in [0.2, 0.25) is 0 Å². The van der Waals surface area contributed by atoms with E-state index >= 15 is 0 Å². The third-order valence-corrected chi connectivity index (χ3v) is 5.62. The molecule has 0 unspecified atom stereocenters. The first-order chi connectivity index (χ1) is 12.9. The number of aryl methyl sites for hydroxylation is 1. The van der Waals surface area contributed by atoms with Crippen molar-refractivity contribution in [2.45, 2.75) is 46.6 Å². The lowest BCUT2D eigenvalue weighted by molar-refractivity contribution is -0.139. The molecular weight excluding hydrogens is 360 g/mol. The Balaban J connectivity index is 2.20. The van der Waals surface area contributed by atoms with Crippen molar-refractivity contribution in [3.63, 3.8) is 0 Å². The number of allylic oxidation sites excluding steroid dienone is 1. The Morgan fingerprint density at radius 3 is 2.70 bits per heavy atom. The van der Waals surface area contributed by atoms with Crippen molar-refractivity contribution in [2.75, 3.05) is 13.7 Å². The van der Waals surface area contributed by atoms with Crippen LogP contribution in [-0.4, -0.2) is 29.8 Å². The van der Waals surface area contributed by atoms with Gasteiger partial charge in [0, 0.05) is 6.20 Å². The van der Waals surface area contributed by atoms with Gasteiger partial charge in [0.15, 0.2) is 5.17 Å². The Morgan fingerprint density at radius 2 is 2.07 bits per heavy atom. The van der Waals surface area contributed by atoms with Gasteiger partial charge in [0.25, 0.3) is 0 Å². The van der Waals surface area contributed by atoms with E-state index in [0.717, 1.165) is 27.6 Å². The number of carbonyl (C=O) groups excluding carboxylic acids is 1. The van der Waals surface area contributed by atoms with Crippen LogP contribution < -0.4 is 4.74 Å². The quantitative estimate of drug-likeness (QED) is 0.674. The number of hydrogen-bond donors (Lipinski definition) is 0. The van der Waals surface area contributed by atoms with Crippen LogP contribution in [0.4, 0.5) is 0 Å². The minimum Gasteiger partial charge on any atom is -0.496 e. The fraction of sp³-hybridized carbons (Fsp3) is 0.429. The second-order valence-corrected chi connectivity index (χ2v) is 7.81. The number of esters is 1. The van der Waals surface area contributed by atoms with Gasteiger partial charge in [-0.2, -0.15) is 0 Å². The van der Waals surface area contributed by atoms with Gasteiger partial charge in [0.05, 0.1) is 31.0 Å². The summed E-state index contributed by atoms with van der Waals surface area (Å²) in [5.41, 5.74) is 4.57. The van der Waals surface area contributed by atoms with E-state index in [0.29, 0.717) is 23.8 Å². The summed E-state index contributed by atoms with van der Waals surface area (Å²) in [7, 11) is 1.69. The van der Waals surface area contributed by atoms with Crippen LogP contribution >= 0.6 is 11.8 Å². The van der Waals surface area contributed by atoms with E-state index in [4.69, 9.17) is 9.47 Å². The molecule has 0 saturated heterocycles. The summed E-state index contributed by atoms with van der Waals surface area (Å²) < 4.78 is 11.0. The highest BCUT2D eigenvalue weighted by Gasteiger charge is 2.38. The molecule has 0 amide bonds. The minimum atomic E-state index is -0.311. The Bertz CT molecular complexity index is 855. The maximum Gasteiger partial charge on any atom is 0.338 e. The fourth-order valence-corrected chi connectivity index (χ4v) is 4.31. The molecule has 0 fully saturated rings. The zero-order valence-corrected chi connectivity index (χ0v) is 17.5. The number of nitrogens with zero attached hydrogens (tertiary/aromatic N) is 2. The SMILES string of the molecule is CCOC(=O)C1=C(C)N=C2SC=CN2[C@@H]1c1cc(C(C)C)c(OC)cc1C. The highest BCUT2D eigenvalue weighted by atomic mass is 32.2. The summed E-state index contributed by atoms with van der Waals surface area (Å²) >= 11 is 1.56. The number of carbonyl (C=O) groups is 1. The lowest BCUT2D eigenvalue weighted by atomic mass is 9.88. The third-order valence-electron chi connectivity index (χ3n) is 4.85. The van der Waals surface area contributed by atoms with E-state index in [1.54, 1.807) is 18.9 Å². The molecule has 0 spiro atoms. The molecule has 0 radical (unpaired) electrons. The zero-order valence-electron chi connectivity index (χ0n) is 16.7. The van der Waals surface area contributed by atoms with Gasteiger partial charge < -0.3 is 14.4 Å². The Morgan fingerprint density at radius 1 is 1.33 bits per heavy atom. The van der Waals surface area contributed by atoms with Crippen molar-refractivity contribution in [1.82, 2.24) is 4.90 Å². The third kappa shape index (κ3) is 3.50. The number of rotatable bonds is 5. The van der Waals surface area contributed by atoms with E-state index in [1.165, 1.54) is 0 Å². The molecule has 0 bridgehead atoms. The number of aliphatic imine (C=N–C) groups is 1. The Hall–Kier alpha value is -2.21. The van der Waals surface area contributed by atoms with Crippen LogP contribution in [0, 0.1) is 6.92 Å². The molecule has 144 valence electrons. The van der Waals surface area contributed by atoms with Crippen molar-refractivity contribution in [1.29, 1.82) is 0 Å². The summed E-state index contributed by atoms with van der Waals surface area (Å²) in [6.45, 7) is 10.4. The highest BCUT2D eigenvalue weighted by molar-refractivity contribution is 8.16. The van der Waals surface area contributed by atoms with E-state index in [-0.39, 0.29) is 12.0 Å². The van der Waals surface area contributed by atoms with Crippen LogP contribution in [0.5, 0.6) is 5.75 Å². The smallest absolute Gasteiger partial charge is 0.338 e. The number of hydrogen-bond acceptors (Lipinski definition) is 6. The Labute approximate surface area is 165 Å². The number of amidine groups is 1. The lowest BCUT2D eigenvalue weighted by Gasteiger charge is -2.34. The fourth-order valence-electron chi connectivity index (χ4n) is 3.51. The van der Waals surface area contributed by atoms with E-state index in [9.17, 15) is 4.79 Å². The van der Waals surface area contributed by atoms with Crippen molar-refractivity contribution in [2.24, 2.45) is 4.99 Å². The molecule has 3 rings (SSSR count). The standard InChI is InChI=1S/C21H26N2O3S/c1-7-26-20(24)18-14(5)22-21-23(8-9-27-21)19(18)16-11-15(12(2)3)17(25-6)10-13(16)4/h8-12,19H,7H2,1-6H3/t19-/m1/s1. The van der Waals surface area contributed by atoms with Gasteiger partial charge >= 0.3 is 5.97 Å². The molecule has 1 aromatic carbocycles. The molecule has 2 aliphatic rings. The average molecular weight is 387 g/mol. The molecule has 1 aromatic rings. The predicted molar refractivity (Wildman–Crippen MR) is 110 cm³/mol. The summed E-state index contributed by atoms with van der Waals surface area (Å²) in [5.74, 6) is 0.866. The van der Waals surface area contributed by atoms with Crippen LogP contribution in [0.2, 0.25) is 0 Å². The number of methoxy groups -OCH3 is 1. The maximum absolute atomic E-state index is 12.8. The number of ether oxygens (including phenoxy) is 2. The second kappa shape index (κ2) is 7.80. The van der Waals surface area contributed by atoms with Crippen LogP contribution in [0.25, 0.3) is 0 Å². The van der Waals surface area contributed by atoms with Crippen LogP contribution in [0.3, 0.4) is 0 Å². The zero-order chi connectivity index (χ0) is 19.7. The monoisotopic (exact) mass is 386 g/mol. The topological polar surface area (TPSA) is 51.1 Å². The molecule has 0 aromatic heterocycles. The van der Waals surface area contributed by atoms with Crippen LogP contribution in [-0.2, 0) is 9.53 Å². The van der Waals surface area contributed by atoms with Gasteiger partial charge in [-0.05, 0) is 60.9 Å². The maximum atomic E-state index is 12.8. The van der Waals surface area contributed by atoms with Crippen molar-refractivity contribution in [3.05, 3.63) is 51.7 Å². The number of thioether (sulfide) groups is 1. The number of fused-ring (bicyclic) bond motifs is 1. The minimum absolute atomic E-state index is 0.258. The molecular formula is C21H26N2O3S. The molecule has 5 nitrogen and oxygen atoms in total. The van der Waals surface area contributed by atoms with Crippen molar-refractivity contribution < 1.29 is 14.3 Å². The van der Waals surface area contributed by atoms with Crippen LogP contribution in [0.15, 0.2) is 40.0 Å². The average Bonchev–Trinajstić information content (AvgIpc) is 3.08. The summed E-state index contributed by atoms with van der Waals surface area (Å²) in [6, 6.07) is 3.96. The molecule has 1 atom stereocenters. The molecule has 0 N–H and O–H groups in total. The first kappa shape index (κ1) is 19.5. The van der Waals surface area contributed by atoms with Gasteiger partial charge in [0.1, 0.15) is 5.75 Å². The summed E-state index contributed by atoms with van der Waals surface area (Å²) in [5, 5.41) is 2.88. The molecule has 0 aliphatic carbocycles. The molecule has 27 heavy (non-hydrogen) atoms. The van der Waals surface area contributed by atoms with Gasteiger partial charge in [-0.1, -0.05) is 25.6 Å². The molecule has 2 aliphatic heterocycles. The normalized spacial score (nSPS) is 18.7. The second-order valence-electron chi connectivity index (χ2n) is 6.93. The largest absolute Gasteiger partial charge is 0.496 e. The first-order valence-electron chi connectivity index (χ1n) is 9.15.